The van der Waals surface area contributed by atoms with Gasteiger partial charge in [-0.2, -0.15) is 11.3 Å². The highest BCUT2D eigenvalue weighted by Gasteiger charge is 2.06. The first-order valence-corrected chi connectivity index (χ1v) is 6.24. The van der Waals surface area contributed by atoms with Crippen molar-refractivity contribution in [3.8, 4) is 11.3 Å². The summed E-state index contributed by atoms with van der Waals surface area (Å²) >= 11 is 5.18. The van der Waals surface area contributed by atoms with Crippen molar-refractivity contribution >= 4 is 32.9 Å². The lowest BCUT2D eigenvalue weighted by atomic mass is 10.3. The van der Waals surface area contributed by atoms with Crippen molar-refractivity contribution in [3.63, 3.8) is 0 Å². The van der Waals surface area contributed by atoms with Crippen LogP contribution in [0, 0.1) is 0 Å². The van der Waals surface area contributed by atoms with Gasteiger partial charge < -0.3 is 4.40 Å². The highest BCUT2D eigenvalue weighted by atomic mass is 79.9. The Morgan fingerprint density at radius 3 is 3.00 bits per heavy atom. The van der Waals surface area contributed by atoms with Gasteiger partial charge in [0.05, 0.1) is 10.2 Å². The molecule has 0 aliphatic rings. The van der Waals surface area contributed by atoms with E-state index in [4.69, 9.17) is 0 Å². The van der Waals surface area contributed by atoms with Crippen LogP contribution in [0.3, 0.4) is 0 Å². The first-order valence-electron chi connectivity index (χ1n) is 4.50. The van der Waals surface area contributed by atoms with Gasteiger partial charge >= 0.3 is 0 Å². The third-order valence-corrected chi connectivity index (χ3v) is 3.55. The zero-order valence-corrected chi connectivity index (χ0v) is 10.1. The number of hydrogen-bond donors (Lipinski definition) is 0. The molecule has 0 atom stereocenters. The summed E-state index contributed by atoms with van der Waals surface area (Å²) in [6, 6.07) is 6.08. The van der Waals surface area contributed by atoms with Crippen molar-refractivity contribution in [2.75, 3.05) is 0 Å². The van der Waals surface area contributed by atoms with Crippen molar-refractivity contribution in [3.05, 3.63) is 45.8 Å². The first kappa shape index (κ1) is 9.12. The third-order valence-electron chi connectivity index (χ3n) is 2.25. The molecule has 3 aromatic rings. The molecule has 2 nitrogen and oxygen atoms in total. The van der Waals surface area contributed by atoms with Crippen molar-refractivity contribution in [2.45, 2.75) is 0 Å². The van der Waals surface area contributed by atoms with Gasteiger partial charge in [0.15, 0.2) is 5.65 Å². The minimum atomic E-state index is 0.957. The average Bonchev–Trinajstić information content (AvgIpc) is 2.86. The fraction of sp³-hybridized carbons (Fsp3) is 0. The number of imidazole rings is 1. The fourth-order valence-corrected chi connectivity index (χ4v) is 2.62. The van der Waals surface area contributed by atoms with Gasteiger partial charge in [-0.1, -0.05) is 0 Å². The fourth-order valence-electron chi connectivity index (χ4n) is 1.53. The number of fused-ring (bicyclic) bond motifs is 1. The van der Waals surface area contributed by atoms with Gasteiger partial charge in [0.1, 0.15) is 0 Å². The molecule has 0 unspecified atom stereocenters. The molecule has 3 rings (SSSR count). The molecule has 0 N–H and O–H groups in total. The van der Waals surface area contributed by atoms with E-state index in [-0.39, 0.29) is 0 Å². The molecule has 74 valence electrons. The predicted molar refractivity (Wildman–Crippen MR) is 66.2 cm³/mol. The van der Waals surface area contributed by atoms with E-state index in [1.807, 2.05) is 28.9 Å². The van der Waals surface area contributed by atoms with Crippen LogP contribution in [0.25, 0.3) is 16.9 Å². The van der Waals surface area contributed by atoms with Crippen LogP contribution in [0.5, 0.6) is 0 Å². The van der Waals surface area contributed by atoms with Crippen LogP contribution in [0.2, 0.25) is 0 Å². The van der Waals surface area contributed by atoms with Crippen LogP contribution in [-0.4, -0.2) is 9.38 Å². The van der Waals surface area contributed by atoms with Crippen molar-refractivity contribution < 1.29 is 0 Å². The standard InChI is InChI=1S/C11H7BrN2S/c12-9-2-1-4-14-6-10(13-11(9)14)8-3-5-15-7-8/h1-7H. The molecule has 0 spiro atoms. The quantitative estimate of drug-likeness (QED) is 0.661. The summed E-state index contributed by atoms with van der Waals surface area (Å²) in [6.07, 6.45) is 4.05. The highest BCUT2D eigenvalue weighted by molar-refractivity contribution is 9.10. The maximum absolute atomic E-state index is 4.58. The summed E-state index contributed by atoms with van der Waals surface area (Å²) in [7, 11) is 0. The SMILES string of the molecule is Brc1cccn2cc(-c3ccsc3)nc12. The Morgan fingerprint density at radius 2 is 2.27 bits per heavy atom. The van der Waals surface area contributed by atoms with Crippen LogP contribution < -0.4 is 0 Å². The number of hydrogen-bond acceptors (Lipinski definition) is 2. The summed E-state index contributed by atoms with van der Waals surface area (Å²) in [5.41, 5.74) is 3.15. The van der Waals surface area contributed by atoms with Gasteiger partial charge in [-0.05, 0) is 39.5 Å². The summed E-state index contributed by atoms with van der Waals surface area (Å²) in [5, 5.41) is 4.17. The molecule has 0 bridgehead atoms. The molecule has 0 saturated carbocycles. The van der Waals surface area contributed by atoms with E-state index in [0.717, 1.165) is 15.8 Å². The van der Waals surface area contributed by atoms with E-state index in [1.54, 1.807) is 11.3 Å². The topological polar surface area (TPSA) is 17.3 Å². The molecular weight excluding hydrogens is 272 g/mol. The maximum atomic E-state index is 4.58. The summed E-state index contributed by atoms with van der Waals surface area (Å²) in [5.74, 6) is 0. The Morgan fingerprint density at radius 1 is 1.33 bits per heavy atom. The second-order valence-corrected chi connectivity index (χ2v) is 4.86. The van der Waals surface area contributed by atoms with E-state index < -0.39 is 0 Å². The van der Waals surface area contributed by atoms with Crippen LogP contribution in [0.1, 0.15) is 0 Å². The zero-order valence-electron chi connectivity index (χ0n) is 7.72. The minimum Gasteiger partial charge on any atom is -0.306 e. The van der Waals surface area contributed by atoms with E-state index >= 15 is 0 Å². The molecule has 4 heteroatoms. The number of nitrogens with zero attached hydrogens (tertiary/aromatic N) is 2. The molecule has 0 amide bonds. The highest BCUT2D eigenvalue weighted by Crippen LogP contribution is 2.24. The number of pyridine rings is 1. The smallest absolute Gasteiger partial charge is 0.151 e. The molecule has 3 aromatic heterocycles. The zero-order chi connectivity index (χ0) is 10.3. The lowest BCUT2D eigenvalue weighted by Gasteiger charge is -1.92. The second kappa shape index (κ2) is 3.47. The first-order chi connectivity index (χ1) is 7.34. The van der Waals surface area contributed by atoms with Crippen LogP contribution in [0.15, 0.2) is 45.8 Å². The Balaban J connectivity index is 2.27. The van der Waals surface area contributed by atoms with Gasteiger partial charge in [-0.3, -0.25) is 0 Å². The van der Waals surface area contributed by atoms with Crippen molar-refractivity contribution in [1.82, 2.24) is 9.38 Å². The molecule has 3 heterocycles. The van der Waals surface area contributed by atoms with Gasteiger partial charge in [-0.25, -0.2) is 4.98 Å². The van der Waals surface area contributed by atoms with Crippen molar-refractivity contribution in [1.29, 1.82) is 0 Å². The van der Waals surface area contributed by atoms with Crippen LogP contribution in [0.4, 0.5) is 0 Å². The lowest BCUT2D eigenvalue weighted by molar-refractivity contribution is 1.18. The second-order valence-electron chi connectivity index (χ2n) is 3.23. The Bertz CT molecular complexity index is 598. The molecule has 0 aliphatic heterocycles. The molecule has 0 fully saturated rings. The molecule has 0 radical (unpaired) electrons. The number of thiophene rings is 1. The monoisotopic (exact) mass is 278 g/mol. The number of halogens is 1. The van der Waals surface area contributed by atoms with Gasteiger partial charge in [0.2, 0.25) is 0 Å². The maximum Gasteiger partial charge on any atom is 0.151 e. The van der Waals surface area contributed by atoms with E-state index in [2.05, 4.69) is 37.7 Å². The Labute approximate surface area is 99.3 Å². The summed E-state index contributed by atoms with van der Waals surface area (Å²) < 4.78 is 3.04. The normalized spacial score (nSPS) is 11.0. The molecule has 0 aliphatic carbocycles. The van der Waals surface area contributed by atoms with Gasteiger partial charge in [0, 0.05) is 23.3 Å². The van der Waals surface area contributed by atoms with Crippen molar-refractivity contribution in [2.24, 2.45) is 0 Å². The Kier molecular flexibility index (Phi) is 2.11. The largest absolute Gasteiger partial charge is 0.306 e. The molecule has 15 heavy (non-hydrogen) atoms. The molecule has 0 aromatic carbocycles. The molecule has 0 saturated heterocycles. The van der Waals surface area contributed by atoms with Crippen LogP contribution in [-0.2, 0) is 0 Å². The third kappa shape index (κ3) is 1.50. The van der Waals surface area contributed by atoms with E-state index in [9.17, 15) is 0 Å². The summed E-state index contributed by atoms with van der Waals surface area (Å²) in [6.45, 7) is 0. The van der Waals surface area contributed by atoms with E-state index in [1.165, 1.54) is 5.56 Å². The lowest BCUT2D eigenvalue weighted by Crippen LogP contribution is -1.80. The van der Waals surface area contributed by atoms with E-state index in [0.29, 0.717) is 0 Å². The average molecular weight is 279 g/mol. The predicted octanol–water partition coefficient (Wildman–Crippen LogP) is 3.83. The van der Waals surface area contributed by atoms with Gasteiger partial charge in [0.25, 0.3) is 0 Å². The Hall–Kier alpha value is -1.13. The molecular formula is C11H7BrN2S. The minimum absolute atomic E-state index is 0.957. The van der Waals surface area contributed by atoms with Gasteiger partial charge in [-0.15, -0.1) is 0 Å². The van der Waals surface area contributed by atoms with Crippen LogP contribution >= 0.6 is 27.3 Å². The number of rotatable bonds is 1. The number of aromatic nitrogens is 2. The summed E-state index contributed by atoms with van der Waals surface area (Å²) in [4.78, 5) is 4.58.